The van der Waals surface area contributed by atoms with Gasteiger partial charge in [-0.25, -0.2) is 0 Å². The fraction of sp³-hybridized carbons (Fsp3) is 0.900. The van der Waals surface area contributed by atoms with E-state index < -0.39 is 6.10 Å². The third-order valence-electron chi connectivity index (χ3n) is 2.35. The zero-order valence-electron chi connectivity index (χ0n) is 9.14. The minimum atomic E-state index is -0.468. The van der Waals surface area contributed by atoms with Crippen LogP contribution in [0.15, 0.2) is 0 Å². The van der Waals surface area contributed by atoms with Crippen LogP contribution in [0.4, 0.5) is 0 Å². The smallest absolute Gasteiger partial charge is 0.302 e. The Balaban J connectivity index is 2.37. The van der Waals surface area contributed by atoms with Gasteiger partial charge in [-0.05, 0) is 6.42 Å². The predicted octanol–water partition coefficient (Wildman–Crippen LogP) is 0.452. The minimum absolute atomic E-state index is 0.0990. The van der Waals surface area contributed by atoms with E-state index in [1.165, 1.54) is 6.92 Å². The Kier molecular flexibility index (Phi) is 5.01. The first kappa shape index (κ1) is 12.4. The molecule has 5 nitrogen and oxygen atoms in total. The Bertz CT molecular complexity index is 206. The van der Waals surface area contributed by atoms with Crippen molar-refractivity contribution in [2.45, 2.75) is 44.5 Å². The summed E-state index contributed by atoms with van der Waals surface area (Å²) in [5.41, 5.74) is 0. The fourth-order valence-electron chi connectivity index (χ4n) is 1.82. The Hall–Kier alpha value is -0.650. The quantitative estimate of drug-likeness (QED) is 0.548. The molecule has 0 heterocycles. The van der Waals surface area contributed by atoms with Crippen LogP contribution in [-0.2, 0) is 19.0 Å². The van der Waals surface area contributed by atoms with Crippen LogP contribution >= 0.6 is 0 Å². The number of esters is 1. The van der Waals surface area contributed by atoms with E-state index in [1.807, 2.05) is 0 Å². The van der Waals surface area contributed by atoms with Crippen molar-refractivity contribution in [3.8, 4) is 0 Å². The Morgan fingerprint density at radius 1 is 1.33 bits per heavy atom. The standard InChI is InChI=1S/C10H18O5/c1-7(11)15-10-4-8(12)3-9(5-10)14-6-13-2/h8-10,12H,3-6H2,1-2H3/t8-,9+,10-/m0/s1. The van der Waals surface area contributed by atoms with Crippen LogP contribution in [0.25, 0.3) is 0 Å². The molecule has 1 aliphatic rings. The lowest BCUT2D eigenvalue weighted by Gasteiger charge is -2.31. The largest absolute Gasteiger partial charge is 0.462 e. The van der Waals surface area contributed by atoms with Gasteiger partial charge >= 0.3 is 5.97 Å². The van der Waals surface area contributed by atoms with Crippen molar-refractivity contribution in [1.29, 1.82) is 0 Å². The van der Waals surface area contributed by atoms with Gasteiger partial charge in [0.15, 0.2) is 0 Å². The average Bonchev–Trinajstić information content (AvgIpc) is 2.12. The average molecular weight is 218 g/mol. The molecule has 1 rings (SSSR count). The van der Waals surface area contributed by atoms with Gasteiger partial charge in [-0.3, -0.25) is 4.79 Å². The third-order valence-corrected chi connectivity index (χ3v) is 2.35. The molecule has 3 atom stereocenters. The van der Waals surface area contributed by atoms with E-state index in [0.29, 0.717) is 19.3 Å². The summed E-state index contributed by atoms with van der Waals surface area (Å²) in [6.07, 6.45) is 0.879. The second-order valence-corrected chi connectivity index (χ2v) is 3.79. The minimum Gasteiger partial charge on any atom is -0.462 e. The van der Waals surface area contributed by atoms with E-state index in [4.69, 9.17) is 14.2 Å². The summed E-state index contributed by atoms with van der Waals surface area (Å²) in [7, 11) is 1.54. The van der Waals surface area contributed by atoms with Gasteiger partial charge in [0, 0.05) is 26.9 Å². The van der Waals surface area contributed by atoms with Gasteiger partial charge in [0.05, 0.1) is 12.2 Å². The number of rotatable bonds is 4. The number of aliphatic hydroxyl groups excluding tert-OH is 1. The SMILES string of the molecule is COCO[C@@H]1C[C@H](O)C[C@H](OC(C)=O)C1. The maximum Gasteiger partial charge on any atom is 0.302 e. The Labute approximate surface area is 89.3 Å². The molecule has 1 N–H and O–H groups in total. The summed E-state index contributed by atoms with van der Waals surface area (Å²) in [4.78, 5) is 10.8. The van der Waals surface area contributed by atoms with Crippen molar-refractivity contribution in [3.63, 3.8) is 0 Å². The first-order chi connectivity index (χ1) is 7.11. The normalized spacial score (nSPS) is 31.3. The van der Waals surface area contributed by atoms with Crippen molar-refractivity contribution in [2.75, 3.05) is 13.9 Å². The van der Waals surface area contributed by atoms with Gasteiger partial charge in [0.25, 0.3) is 0 Å². The highest BCUT2D eigenvalue weighted by atomic mass is 16.7. The van der Waals surface area contributed by atoms with Gasteiger partial charge in [0.1, 0.15) is 12.9 Å². The lowest BCUT2D eigenvalue weighted by atomic mass is 9.92. The molecule has 1 fully saturated rings. The molecule has 15 heavy (non-hydrogen) atoms. The van der Waals surface area contributed by atoms with Gasteiger partial charge in [-0.1, -0.05) is 0 Å². The van der Waals surface area contributed by atoms with Crippen molar-refractivity contribution in [3.05, 3.63) is 0 Å². The number of aliphatic hydroxyl groups is 1. The zero-order valence-corrected chi connectivity index (χ0v) is 9.14. The van der Waals surface area contributed by atoms with E-state index in [0.717, 1.165) is 0 Å². The van der Waals surface area contributed by atoms with Crippen LogP contribution in [0.2, 0.25) is 0 Å². The zero-order chi connectivity index (χ0) is 11.3. The van der Waals surface area contributed by atoms with Gasteiger partial charge in [-0.15, -0.1) is 0 Å². The van der Waals surface area contributed by atoms with Crippen LogP contribution in [0.1, 0.15) is 26.2 Å². The fourth-order valence-corrected chi connectivity index (χ4v) is 1.82. The van der Waals surface area contributed by atoms with Crippen molar-refractivity contribution >= 4 is 5.97 Å². The molecule has 0 aromatic rings. The van der Waals surface area contributed by atoms with E-state index in [9.17, 15) is 9.90 Å². The summed E-state index contributed by atoms with van der Waals surface area (Å²) in [6, 6.07) is 0. The molecule has 0 aromatic heterocycles. The third kappa shape index (κ3) is 4.59. The summed E-state index contributed by atoms with van der Waals surface area (Å²) in [5.74, 6) is -0.320. The summed E-state index contributed by atoms with van der Waals surface area (Å²) in [5, 5.41) is 9.55. The molecular formula is C10H18O5. The summed E-state index contributed by atoms with van der Waals surface area (Å²) < 4.78 is 15.2. The number of carbonyl (C=O) groups excluding carboxylic acids is 1. The first-order valence-corrected chi connectivity index (χ1v) is 5.07. The molecule has 1 aliphatic carbocycles. The van der Waals surface area contributed by atoms with Gasteiger partial charge in [-0.2, -0.15) is 0 Å². The second kappa shape index (κ2) is 6.05. The topological polar surface area (TPSA) is 65.0 Å². The summed E-state index contributed by atoms with van der Waals surface area (Å²) in [6.45, 7) is 1.57. The Morgan fingerprint density at radius 2 is 2.00 bits per heavy atom. The van der Waals surface area contributed by atoms with E-state index in [2.05, 4.69) is 0 Å². The molecule has 0 aromatic carbocycles. The molecule has 0 saturated heterocycles. The number of ether oxygens (including phenoxy) is 3. The van der Waals surface area contributed by atoms with Gasteiger partial charge < -0.3 is 19.3 Å². The highest BCUT2D eigenvalue weighted by molar-refractivity contribution is 5.66. The van der Waals surface area contributed by atoms with Gasteiger partial charge in [0.2, 0.25) is 0 Å². The van der Waals surface area contributed by atoms with Crippen molar-refractivity contribution < 1.29 is 24.1 Å². The molecule has 1 saturated carbocycles. The molecule has 0 bridgehead atoms. The highest BCUT2D eigenvalue weighted by Gasteiger charge is 2.30. The predicted molar refractivity (Wildman–Crippen MR) is 52.2 cm³/mol. The molecule has 0 radical (unpaired) electrons. The second-order valence-electron chi connectivity index (χ2n) is 3.79. The highest BCUT2D eigenvalue weighted by Crippen LogP contribution is 2.24. The first-order valence-electron chi connectivity index (χ1n) is 5.07. The van der Waals surface area contributed by atoms with Crippen LogP contribution in [0.3, 0.4) is 0 Å². The number of hydrogen-bond acceptors (Lipinski definition) is 5. The van der Waals surface area contributed by atoms with E-state index in [-0.39, 0.29) is 25.0 Å². The molecule has 0 spiro atoms. The van der Waals surface area contributed by atoms with Crippen molar-refractivity contribution in [2.24, 2.45) is 0 Å². The number of hydrogen-bond donors (Lipinski definition) is 1. The van der Waals surface area contributed by atoms with Crippen LogP contribution in [0.5, 0.6) is 0 Å². The van der Waals surface area contributed by atoms with Crippen LogP contribution in [-0.4, -0.2) is 43.3 Å². The molecule has 88 valence electrons. The van der Waals surface area contributed by atoms with E-state index >= 15 is 0 Å². The monoisotopic (exact) mass is 218 g/mol. The number of carbonyl (C=O) groups is 1. The summed E-state index contributed by atoms with van der Waals surface area (Å²) >= 11 is 0. The van der Waals surface area contributed by atoms with Crippen LogP contribution in [0, 0.1) is 0 Å². The Morgan fingerprint density at radius 3 is 2.60 bits per heavy atom. The molecule has 0 unspecified atom stereocenters. The maximum atomic E-state index is 10.8. The molecule has 5 heteroatoms. The van der Waals surface area contributed by atoms with Crippen LogP contribution < -0.4 is 0 Å². The van der Waals surface area contributed by atoms with E-state index in [1.54, 1.807) is 7.11 Å². The molecular weight excluding hydrogens is 200 g/mol. The molecule has 0 aliphatic heterocycles. The lowest BCUT2D eigenvalue weighted by Crippen LogP contribution is -2.37. The lowest BCUT2D eigenvalue weighted by molar-refractivity contribution is -0.158. The number of methoxy groups -OCH3 is 1. The molecule has 0 amide bonds. The maximum absolute atomic E-state index is 10.8. The van der Waals surface area contributed by atoms with Crippen molar-refractivity contribution in [1.82, 2.24) is 0 Å².